The Kier molecular flexibility index (Phi) is 23.0. The van der Waals surface area contributed by atoms with Gasteiger partial charge in [-0.1, -0.05) is 32.9 Å². The maximum absolute atomic E-state index is 4.56. The average Bonchev–Trinajstić information content (AvgIpc) is 2.29. The summed E-state index contributed by atoms with van der Waals surface area (Å²) in [6, 6.07) is 0. The Morgan fingerprint density at radius 1 is 0.810 bits per heavy atom. The van der Waals surface area contributed by atoms with Gasteiger partial charge in [-0.15, -0.1) is 0 Å². The van der Waals surface area contributed by atoms with Gasteiger partial charge in [0.15, 0.2) is 0 Å². The van der Waals surface area contributed by atoms with Crippen LogP contribution >= 0.6 is 24.4 Å². The van der Waals surface area contributed by atoms with Crippen LogP contribution in [0.1, 0.15) is 25.7 Å². The molecule has 0 fully saturated rings. The fraction of sp³-hybridized carbons (Fsp3) is 0.571. The van der Waals surface area contributed by atoms with Gasteiger partial charge in [-0.2, -0.15) is 0 Å². The van der Waals surface area contributed by atoms with Gasteiger partial charge < -0.3 is 59.5 Å². The van der Waals surface area contributed by atoms with E-state index in [1.54, 1.807) is 9.80 Å². The Labute approximate surface area is 165 Å². The van der Waals surface area contributed by atoms with Gasteiger partial charge >= 0.3 is 19.5 Å². The van der Waals surface area contributed by atoms with Crippen LogP contribution in [-0.4, -0.2) is 46.6 Å². The van der Waals surface area contributed by atoms with Gasteiger partial charge in [0.1, 0.15) is 0 Å². The molecule has 0 atom stereocenters. The molecule has 0 aromatic heterocycles. The first kappa shape index (κ1) is 26.2. The summed E-state index contributed by atoms with van der Waals surface area (Å²) in [6.07, 6.45) is 14.0. The first-order valence-corrected chi connectivity index (χ1v) is 8.00. The number of thiocarbonyl (C=S) groups is 2. The van der Waals surface area contributed by atoms with E-state index < -0.39 is 0 Å². The summed E-state index contributed by atoms with van der Waals surface area (Å²) in [4.78, 5) is 3.43. The van der Waals surface area contributed by atoms with Crippen LogP contribution in [-0.2, 0) is 44.7 Å². The van der Waals surface area contributed by atoms with Gasteiger partial charge in [0.05, 0.1) is 0 Å². The minimum atomic E-state index is 0. The predicted molar refractivity (Wildman–Crippen MR) is 104 cm³/mol. The van der Waals surface area contributed by atoms with E-state index in [0.717, 1.165) is 0 Å². The monoisotopic (exact) mass is 450 g/mol. The number of nitrogens with zero attached hydrogens (tertiary/aromatic N) is 2. The number of hydrogen-bond acceptors (Lipinski definition) is 4. The zero-order valence-corrected chi connectivity index (χ0v) is 18.0. The Morgan fingerprint density at radius 2 is 1.05 bits per heavy atom. The summed E-state index contributed by atoms with van der Waals surface area (Å²) < 4.78 is 1.02. The maximum Gasteiger partial charge on any atom is 2.00 e. The quantitative estimate of drug-likeness (QED) is 0.315. The van der Waals surface area contributed by atoms with Gasteiger partial charge in [-0.3, -0.25) is 0 Å². The summed E-state index contributed by atoms with van der Waals surface area (Å²) in [5.74, 6) is 0. The van der Waals surface area contributed by atoms with E-state index >= 15 is 0 Å². The summed E-state index contributed by atoms with van der Waals surface area (Å²) >= 11 is 18.2. The molecule has 0 N–H and O–H groups in total. The van der Waals surface area contributed by atoms with E-state index in [1.165, 1.54) is 25.7 Å². The zero-order chi connectivity index (χ0) is 16.0. The van der Waals surface area contributed by atoms with Gasteiger partial charge in [-0.25, -0.2) is 0 Å². The molecule has 0 aromatic rings. The molecule has 122 valence electrons. The Morgan fingerprint density at radius 3 is 1.24 bits per heavy atom. The van der Waals surface area contributed by atoms with Crippen molar-refractivity contribution in [2.45, 2.75) is 25.7 Å². The van der Waals surface area contributed by atoms with Crippen molar-refractivity contribution in [2.75, 3.05) is 28.2 Å². The molecule has 2 nitrogen and oxygen atoms in total. The van der Waals surface area contributed by atoms with E-state index in [4.69, 9.17) is 0 Å². The van der Waals surface area contributed by atoms with Crippen molar-refractivity contribution in [2.24, 2.45) is 0 Å². The largest absolute Gasteiger partial charge is 2.00 e. The number of allylic oxidation sites excluding steroid dienone is 4. The Hall–Kier alpha value is 0.323. The second-order valence-electron chi connectivity index (χ2n) is 4.46. The van der Waals surface area contributed by atoms with Crippen molar-refractivity contribution < 1.29 is 19.5 Å². The molecule has 1 aliphatic rings. The molecular weight excluding hydrogens is 426 g/mol. The third kappa shape index (κ3) is 25.6. The smallest absolute Gasteiger partial charge is 0.411 e. The van der Waals surface area contributed by atoms with Crippen LogP contribution in [0.15, 0.2) is 24.3 Å². The first-order valence-electron chi connectivity index (χ1n) is 6.37. The molecule has 1 rings (SSSR count). The van der Waals surface area contributed by atoms with Crippen LogP contribution in [0.2, 0.25) is 0 Å². The molecule has 0 bridgehead atoms. The molecule has 0 amide bonds. The van der Waals surface area contributed by atoms with Crippen molar-refractivity contribution in [3.05, 3.63) is 24.3 Å². The van der Waals surface area contributed by atoms with E-state index in [1.807, 2.05) is 28.2 Å². The van der Waals surface area contributed by atoms with Gasteiger partial charge in [0.25, 0.3) is 0 Å². The van der Waals surface area contributed by atoms with Crippen molar-refractivity contribution >= 4 is 58.3 Å². The second kappa shape index (κ2) is 18.4. The first-order chi connectivity index (χ1) is 9.29. The molecule has 1 aliphatic carbocycles. The maximum atomic E-state index is 4.56. The second-order valence-corrected chi connectivity index (χ2v) is 6.53. The van der Waals surface area contributed by atoms with E-state index in [2.05, 4.69) is 74.0 Å². The number of hydrogen-bond donors (Lipinski definition) is 0. The van der Waals surface area contributed by atoms with Gasteiger partial charge in [0.2, 0.25) is 0 Å². The molecule has 21 heavy (non-hydrogen) atoms. The molecule has 0 saturated heterocycles. The molecule has 0 spiro atoms. The minimum absolute atomic E-state index is 0. The Bertz CT molecular complexity index is 297. The molecule has 0 aliphatic heterocycles. The average molecular weight is 450 g/mol. The van der Waals surface area contributed by atoms with Crippen molar-refractivity contribution in [3.63, 3.8) is 0 Å². The predicted octanol–water partition coefficient (Wildman–Crippen LogP) is 3.43. The minimum Gasteiger partial charge on any atom is -0.411 e. The SMILES string of the molecule is C1=CCCCCC=C1.CN(C)C(=S)[S-].CN(C)C(=S)[S-].[Ru+2]. The molecule has 0 saturated carbocycles. The van der Waals surface area contributed by atoms with Gasteiger partial charge in [0, 0.05) is 28.2 Å². The van der Waals surface area contributed by atoms with E-state index in [0.29, 0.717) is 8.64 Å². The van der Waals surface area contributed by atoms with Crippen LogP contribution in [0, 0.1) is 0 Å². The fourth-order valence-electron chi connectivity index (χ4n) is 0.874. The van der Waals surface area contributed by atoms with Crippen molar-refractivity contribution in [3.8, 4) is 0 Å². The molecule has 0 radical (unpaired) electrons. The van der Waals surface area contributed by atoms with Crippen LogP contribution in [0.25, 0.3) is 0 Å². The van der Waals surface area contributed by atoms with Crippen molar-refractivity contribution in [1.82, 2.24) is 9.80 Å². The number of rotatable bonds is 0. The molecule has 0 aromatic carbocycles. The van der Waals surface area contributed by atoms with Crippen LogP contribution < -0.4 is 0 Å². The Balaban J connectivity index is -0.000000231. The third-order valence-corrected chi connectivity index (χ3v) is 3.57. The normalized spacial score (nSPS) is 12.0. The molecule has 7 heteroatoms. The van der Waals surface area contributed by atoms with Crippen LogP contribution in [0.4, 0.5) is 0 Å². The topological polar surface area (TPSA) is 6.48 Å². The third-order valence-electron chi connectivity index (χ3n) is 2.11. The zero-order valence-electron chi connectivity index (χ0n) is 13.0. The van der Waals surface area contributed by atoms with Gasteiger partial charge in [-0.05, 0) is 25.7 Å². The molecule has 0 heterocycles. The van der Waals surface area contributed by atoms with Crippen molar-refractivity contribution in [1.29, 1.82) is 0 Å². The summed E-state index contributed by atoms with van der Waals surface area (Å²) in [7, 11) is 7.31. The van der Waals surface area contributed by atoms with Crippen LogP contribution in [0.3, 0.4) is 0 Å². The molecular formula is C14H24N2RuS4. The summed E-state index contributed by atoms with van der Waals surface area (Å²) in [5.41, 5.74) is 0. The van der Waals surface area contributed by atoms with Crippen LogP contribution in [0.5, 0.6) is 0 Å². The van der Waals surface area contributed by atoms with E-state index in [9.17, 15) is 0 Å². The summed E-state index contributed by atoms with van der Waals surface area (Å²) in [5, 5.41) is 0. The standard InChI is InChI=1S/C8H12.2C3H7NS2.Ru/c1-2-4-6-8-7-5-3-1;2*1-4(2)3(5)6;/h1-4H,5-8H2;2*1-2H3,(H,5,6);/q;;;+2/p-2. The fourth-order valence-corrected chi connectivity index (χ4v) is 0.874. The summed E-state index contributed by atoms with van der Waals surface area (Å²) in [6.45, 7) is 0. The van der Waals surface area contributed by atoms with E-state index in [-0.39, 0.29) is 19.5 Å². The molecule has 0 unspecified atom stereocenters.